The van der Waals surface area contributed by atoms with E-state index in [2.05, 4.69) is 0 Å². The normalized spacial score (nSPS) is 25.4. The van der Waals surface area contributed by atoms with Crippen LogP contribution >= 0.6 is 11.3 Å². The van der Waals surface area contributed by atoms with Gasteiger partial charge in [0.1, 0.15) is 10.3 Å². The molecule has 0 aromatic carbocycles. The molecule has 8 nitrogen and oxygen atoms in total. The lowest BCUT2D eigenvalue weighted by Crippen LogP contribution is -2.44. The largest absolute Gasteiger partial charge is 0.480 e. The zero-order valence-corrected chi connectivity index (χ0v) is 12.3. The van der Waals surface area contributed by atoms with Crippen molar-refractivity contribution in [3.63, 3.8) is 0 Å². The molecule has 114 valence electrons. The molecule has 1 N–H and O–H groups in total. The van der Waals surface area contributed by atoms with Gasteiger partial charge in [-0.3, -0.25) is 0 Å². The molecule has 10 heteroatoms. The Kier molecular flexibility index (Phi) is 3.38. The van der Waals surface area contributed by atoms with Crippen molar-refractivity contribution in [3.05, 3.63) is 17.5 Å². The molecule has 0 radical (unpaired) electrons. The van der Waals surface area contributed by atoms with Crippen molar-refractivity contribution in [2.24, 2.45) is 0 Å². The van der Waals surface area contributed by atoms with E-state index in [0.29, 0.717) is 6.42 Å². The molecule has 2 atom stereocenters. The van der Waals surface area contributed by atoms with Gasteiger partial charge in [0.05, 0.1) is 6.04 Å². The summed E-state index contributed by atoms with van der Waals surface area (Å²) in [6.07, 6.45) is 0.670. The summed E-state index contributed by atoms with van der Waals surface area (Å²) in [7, 11) is -4.06. The smallest absolute Gasteiger partial charge is 0.346 e. The summed E-state index contributed by atoms with van der Waals surface area (Å²) >= 11 is 0.987. The standard InChI is InChI=1S/C11H12N2O6S2/c14-10(15)8-4-3-7-6-12(8)11(16)13(7)19-21(17,18)9-2-1-5-20-9/h1-2,5,7-8H,3-4,6H2,(H,14,15)/t7-,8-/m1/s1. The fourth-order valence-corrected chi connectivity index (χ4v) is 4.43. The number of hydrogen-bond acceptors (Lipinski definition) is 6. The zero-order chi connectivity index (χ0) is 15.2. The lowest BCUT2D eigenvalue weighted by atomic mass is 10.0. The molecule has 0 saturated carbocycles. The van der Waals surface area contributed by atoms with Crippen LogP contribution in [0.5, 0.6) is 0 Å². The third-order valence-corrected chi connectivity index (χ3v) is 6.08. The molecule has 2 amide bonds. The summed E-state index contributed by atoms with van der Waals surface area (Å²) in [5.74, 6) is -1.09. The molecule has 0 aliphatic carbocycles. The van der Waals surface area contributed by atoms with Crippen molar-refractivity contribution in [1.82, 2.24) is 9.96 Å². The van der Waals surface area contributed by atoms with Crippen molar-refractivity contribution >= 4 is 33.5 Å². The monoisotopic (exact) mass is 332 g/mol. The third-order valence-electron chi connectivity index (χ3n) is 3.53. The van der Waals surface area contributed by atoms with Crippen LogP contribution in [-0.2, 0) is 19.2 Å². The van der Waals surface area contributed by atoms with Crippen LogP contribution in [0.2, 0.25) is 0 Å². The predicted octanol–water partition coefficient (Wildman–Crippen LogP) is 0.722. The summed E-state index contributed by atoms with van der Waals surface area (Å²) in [4.78, 5) is 24.4. The number of amides is 2. The van der Waals surface area contributed by atoms with Crippen LogP contribution in [0.3, 0.4) is 0 Å². The van der Waals surface area contributed by atoms with Crippen molar-refractivity contribution < 1.29 is 27.4 Å². The summed E-state index contributed by atoms with van der Waals surface area (Å²) in [5, 5.41) is 11.5. The van der Waals surface area contributed by atoms with Gasteiger partial charge in [0, 0.05) is 6.54 Å². The molecule has 2 fully saturated rings. The third kappa shape index (κ3) is 2.39. The van der Waals surface area contributed by atoms with E-state index in [9.17, 15) is 18.0 Å². The van der Waals surface area contributed by atoms with E-state index in [1.165, 1.54) is 6.07 Å². The molecule has 0 spiro atoms. The van der Waals surface area contributed by atoms with Crippen LogP contribution < -0.4 is 0 Å². The molecule has 2 bridgehead atoms. The molecule has 1 aromatic rings. The highest BCUT2D eigenvalue weighted by Crippen LogP contribution is 2.32. The van der Waals surface area contributed by atoms with E-state index < -0.39 is 34.2 Å². The molecule has 0 unspecified atom stereocenters. The molecular formula is C11H12N2O6S2. The number of hydroxylamine groups is 2. The number of aliphatic carboxylic acids is 1. The second-order valence-corrected chi connectivity index (χ2v) is 7.51. The quantitative estimate of drug-likeness (QED) is 0.871. The summed E-state index contributed by atoms with van der Waals surface area (Å²) < 4.78 is 29.0. The van der Waals surface area contributed by atoms with Gasteiger partial charge in [0.15, 0.2) is 0 Å². The van der Waals surface area contributed by atoms with Crippen molar-refractivity contribution in [2.75, 3.05) is 6.54 Å². The first kappa shape index (κ1) is 14.3. The minimum Gasteiger partial charge on any atom is -0.480 e. The summed E-state index contributed by atoms with van der Waals surface area (Å²) in [6, 6.07) is 0.863. The Balaban J connectivity index is 1.82. The SMILES string of the molecule is O=C(O)[C@H]1CC[C@@H]2CN1C(=O)N2OS(=O)(=O)c1cccs1. The van der Waals surface area contributed by atoms with Crippen molar-refractivity contribution in [1.29, 1.82) is 0 Å². The highest BCUT2D eigenvalue weighted by atomic mass is 32.3. The number of piperidine rings is 1. The Morgan fingerprint density at radius 3 is 2.81 bits per heavy atom. The number of nitrogens with zero attached hydrogens (tertiary/aromatic N) is 2. The van der Waals surface area contributed by atoms with Crippen LogP contribution in [0.1, 0.15) is 12.8 Å². The maximum Gasteiger partial charge on any atom is 0.346 e. The van der Waals surface area contributed by atoms with E-state index in [-0.39, 0.29) is 17.2 Å². The Bertz CT molecular complexity index is 671. The molecular weight excluding hydrogens is 320 g/mol. The van der Waals surface area contributed by atoms with Crippen molar-refractivity contribution in [3.8, 4) is 0 Å². The van der Waals surface area contributed by atoms with Gasteiger partial charge >= 0.3 is 22.1 Å². The van der Waals surface area contributed by atoms with E-state index in [1.807, 2.05) is 0 Å². The molecule has 3 heterocycles. The number of fused-ring (bicyclic) bond motifs is 2. The number of rotatable bonds is 4. The fraction of sp³-hybridized carbons (Fsp3) is 0.455. The van der Waals surface area contributed by atoms with Gasteiger partial charge in [-0.05, 0) is 24.3 Å². The van der Waals surface area contributed by atoms with Gasteiger partial charge in [-0.2, -0.15) is 13.5 Å². The number of urea groups is 1. The van der Waals surface area contributed by atoms with Crippen LogP contribution in [0, 0.1) is 0 Å². The maximum atomic E-state index is 12.2. The average molecular weight is 332 g/mol. The van der Waals surface area contributed by atoms with Gasteiger partial charge in [-0.15, -0.1) is 15.6 Å². The number of hydrogen-bond donors (Lipinski definition) is 1. The van der Waals surface area contributed by atoms with Crippen LogP contribution in [0.4, 0.5) is 4.79 Å². The summed E-state index contributed by atoms with van der Waals surface area (Å²) in [6.45, 7) is 0.162. The molecule has 1 aromatic heterocycles. The van der Waals surface area contributed by atoms with Gasteiger partial charge in [0.2, 0.25) is 0 Å². The Morgan fingerprint density at radius 1 is 1.43 bits per heavy atom. The lowest BCUT2D eigenvalue weighted by molar-refractivity contribution is -0.142. The number of carboxylic acid groups (broad SMARTS) is 1. The Labute approximate surface area is 124 Å². The zero-order valence-electron chi connectivity index (χ0n) is 10.7. The fourth-order valence-electron chi connectivity index (χ4n) is 2.53. The van der Waals surface area contributed by atoms with Crippen molar-refractivity contribution in [2.45, 2.75) is 29.1 Å². The first-order valence-corrected chi connectivity index (χ1v) is 8.49. The van der Waals surface area contributed by atoms with Crippen LogP contribution in [0.25, 0.3) is 0 Å². The van der Waals surface area contributed by atoms with E-state index in [1.54, 1.807) is 11.4 Å². The lowest BCUT2D eigenvalue weighted by Gasteiger charge is -2.26. The van der Waals surface area contributed by atoms with E-state index >= 15 is 0 Å². The second kappa shape index (κ2) is 4.97. The summed E-state index contributed by atoms with van der Waals surface area (Å²) in [5.41, 5.74) is 0. The highest BCUT2D eigenvalue weighted by molar-refractivity contribution is 7.88. The Hall–Kier alpha value is -1.65. The van der Waals surface area contributed by atoms with Gasteiger partial charge in [-0.25, -0.2) is 9.59 Å². The highest BCUT2D eigenvalue weighted by Gasteiger charge is 2.49. The predicted molar refractivity (Wildman–Crippen MR) is 71.0 cm³/mol. The number of carboxylic acids is 1. The minimum atomic E-state index is -4.06. The second-order valence-electron chi connectivity index (χ2n) is 4.81. The number of carbonyl (C=O) groups is 2. The molecule has 2 aliphatic rings. The molecule has 3 rings (SSSR count). The van der Waals surface area contributed by atoms with Crippen LogP contribution in [-0.4, -0.2) is 54.1 Å². The average Bonchev–Trinajstić information content (AvgIpc) is 3.04. The van der Waals surface area contributed by atoms with Gasteiger partial charge in [-0.1, -0.05) is 6.07 Å². The molecule has 2 saturated heterocycles. The van der Waals surface area contributed by atoms with E-state index in [4.69, 9.17) is 9.39 Å². The van der Waals surface area contributed by atoms with Gasteiger partial charge in [0.25, 0.3) is 0 Å². The van der Waals surface area contributed by atoms with Crippen LogP contribution in [0.15, 0.2) is 21.7 Å². The maximum absolute atomic E-state index is 12.2. The number of carbonyl (C=O) groups excluding carboxylic acids is 1. The molecule has 2 aliphatic heterocycles. The molecule has 21 heavy (non-hydrogen) atoms. The first-order chi connectivity index (χ1) is 9.90. The topological polar surface area (TPSA) is 104 Å². The number of thiophene rings is 1. The first-order valence-electron chi connectivity index (χ1n) is 6.21. The minimum absolute atomic E-state index is 0.00142. The van der Waals surface area contributed by atoms with E-state index in [0.717, 1.165) is 21.3 Å². The Morgan fingerprint density at radius 2 is 2.19 bits per heavy atom. The van der Waals surface area contributed by atoms with Gasteiger partial charge < -0.3 is 10.0 Å².